The van der Waals surface area contributed by atoms with E-state index in [1.165, 1.54) is 0 Å². The monoisotopic (exact) mass is 440 g/mol. The Labute approximate surface area is 181 Å². The van der Waals surface area contributed by atoms with Crippen molar-refractivity contribution in [1.29, 1.82) is 0 Å². The third-order valence-electron chi connectivity index (χ3n) is 6.14. The van der Waals surface area contributed by atoms with Crippen LogP contribution in [0.2, 0.25) is 0 Å². The van der Waals surface area contributed by atoms with Gasteiger partial charge in [-0.3, -0.25) is 4.90 Å². The Morgan fingerprint density at radius 2 is 1.90 bits per heavy atom. The van der Waals surface area contributed by atoms with Gasteiger partial charge in [-0.25, -0.2) is 8.42 Å². The van der Waals surface area contributed by atoms with E-state index in [2.05, 4.69) is 18.7 Å². The summed E-state index contributed by atoms with van der Waals surface area (Å²) < 4.78 is 38.6. The summed E-state index contributed by atoms with van der Waals surface area (Å²) in [5.74, 6) is 0.423. The molecular formula is C22H36N2O5S. The second-order valence-electron chi connectivity index (χ2n) is 8.41. The first-order valence-corrected chi connectivity index (χ1v) is 12.5. The minimum atomic E-state index is -3.48. The minimum absolute atomic E-state index is 0.158. The molecule has 2 fully saturated rings. The van der Waals surface area contributed by atoms with Gasteiger partial charge in [-0.05, 0) is 42.9 Å². The van der Waals surface area contributed by atoms with Crippen molar-refractivity contribution < 1.29 is 23.0 Å². The first kappa shape index (κ1) is 23.6. The number of piperazine rings is 1. The molecule has 0 saturated carbocycles. The Morgan fingerprint density at radius 1 is 1.20 bits per heavy atom. The summed E-state index contributed by atoms with van der Waals surface area (Å²) in [4.78, 5) is 2.45. The lowest BCUT2D eigenvalue weighted by Gasteiger charge is -2.35. The topological polar surface area (TPSA) is 79.3 Å². The molecule has 170 valence electrons. The summed E-state index contributed by atoms with van der Waals surface area (Å²) in [6.07, 6.45) is 2.70. The van der Waals surface area contributed by atoms with Crippen LogP contribution >= 0.6 is 0 Å². The Hall–Kier alpha value is -1.03. The second-order valence-corrected chi connectivity index (χ2v) is 10.3. The van der Waals surface area contributed by atoms with E-state index in [4.69, 9.17) is 9.47 Å². The van der Waals surface area contributed by atoms with Crippen molar-refractivity contribution in [1.82, 2.24) is 9.21 Å². The van der Waals surface area contributed by atoms with E-state index in [1.807, 2.05) is 12.1 Å². The van der Waals surface area contributed by atoms with Gasteiger partial charge in [-0.15, -0.1) is 0 Å². The van der Waals surface area contributed by atoms with Crippen molar-refractivity contribution in [3.63, 3.8) is 0 Å². The normalized spacial score (nSPS) is 23.5. The van der Waals surface area contributed by atoms with Crippen molar-refractivity contribution in [2.24, 2.45) is 0 Å². The highest BCUT2D eigenvalue weighted by atomic mass is 32.2. The van der Waals surface area contributed by atoms with E-state index in [9.17, 15) is 13.5 Å². The van der Waals surface area contributed by atoms with Crippen LogP contribution in [0.25, 0.3) is 0 Å². The maximum absolute atomic E-state index is 13.0. The summed E-state index contributed by atoms with van der Waals surface area (Å²) in [5, 5.41) is 10.2. The van der Waals surface area contributed by atoms with E-state index in [1.54, 1.807) is 16.4 Å². The molecule has 30 heavy (non-hydrogen) atoms. The summed E-state index contributed by atoms with van der Waals surface area (Å²) in [5.41, 5.74) is 1.16. The largest absolute Gasteiger partial charge is 0.389 e. The molecule has 1 N–H and O–H groups in total. The van der Waals surface area contributed by atoms with Crippen LogP contribution in [0, 0.1) is 0 Å². The van der Waals surface area contributed by atoms with Gasteiger partial charge < -0.3 is 14.6 Å². The van der Waals surface area contributed by atoms with Gasteiger partial charge >= 0.3 is 0 Å². The zero-order valence-corrected chi connectivity index (χ0v) is 19.0. The van der Waals surface area contributed by atoms with Gasteiger partial charge in [0, 0.05) is 39.3 Å². The highest BCUT2D eigenvalue weighted by Crippen LogP contribution is 2.23. The Bertz CT molecular complexity index is 741. The number of aliphatic hydroxyl groups excluding tert-OH is 1. The molecule has 0 bridgehead atoms. The van der Waals surface area contributed by atoms with Gasteiger partial charge in [0.05, 0.1) is 30.3 Å². The van der Waals surface area contributed by atoms with Crippen LogP contribution in [0.15, 0.2) is 29.2 Å². The SMILES string of the molecule is CCC(C)c1ccc(S(=O)(=O)N2CCN(CC(O)COCC3CCCO3)CC2)cc1. The maximum Gasteiger partial charge on any atom is 0.243 e. The molecule has 2 heterocycles. The van der Waals surface area contributed by atoms with E-state index in [0.29, 0.717) is 50.1 Å². The van der Waals surface area contributed by atoms with Crippen LogP contribution in [-0.4, -0.2) is 87.5 Å². The molecule has 0 radical (unpaired) electrons. The molecule has 7 nitrogen and oxygen atoms in total. The molecule has 3 unspecified atom stereocenters. The Balaban J connectivity index is 1.43. The average molecular weight is 441 g/mol. The number of benzene rings is 1. The second kappa shape index (κ2) is 11.0. The fourth-order valence-electron chi connectivity index (χ4n) is 3.97. The van der Waals surface area contributed by atoms with Crippen molar-refractivity contribution in [3.05, 3.63) is 29.8 Å². The van der Waals surface area contributed by atoms with Crippen LogP contribution < -0.4 is 0 Å². The number of hydrogen-bond acceptors (Lipinski definition) is 6. The third kappa shape index (κ3) is 6.24. The van der Waals surface area contributed by atoms with E-state index in [0.717, 1.165) is 31.4 Å². The summed E-state index contributed by atoms with van der Waals surface area (Å²) >= 11 is 0. The fourth-order valence-corrected chi connectivity index (χ4v) is 5.39. The predicted octanol–water partition coefficient (Wildman–Crippen LogP) is 2.06. The lowest BCUT2D eigenvalue weighted by atomic mass is 9.99. The molecule has 3 rings (SSSR count). The lowest BCUT2D eigenvalue weighted by molar-refractivity contribution is -0.0270. The molecule has 2 saturated heterocycles. The molecule has 1 aromatic carbocycles. The molecule has 1 aromatic rings. The van der Waals surface area contributed by atoms with Crippen molar-refractivity contribution in [2.45, 2.75) is 56.1 Å². The minimum Gasteiger partial charge on any atom is -0.389 e. The van der Waals surface area contributed by atoms with Crippen LogP contribution in [0.3, 0.4) is 0 Å². The van der Waals surface area contributed by atoms with Gasteiger partial charge in [-0.2, -0.15) is 4.31 Å². The highest BCUT2D eigenvalue weighted by Gasteiger charge is 2.29. The number of hydrogen-bond donors (Lipinski definition) is 1. The molecule has 0 amide bonds. The number of sulfonamides is 1. The first-order valence-electron chi connectivity index (χ1n) is 11.1. The summed E-state index contributed by atoms with van der Waals surface area (Å²) in [7, 11) is -3.48. The lowest BCUT2D eigenvalue weighted by Crippen LogP contribution is -2.50. The van der Waals surface area contributed by atoms with Crippen molar-refractivity contribution in [3.8, 4) is 0 Å². The first-order chi connectivity index (χ1) is 14.4. The molecule has 0 aliphatic carbocycles. The number of rotatable bonds is 10. The zero-order chi connectivity index (χ0) is 21.6. The van der Waals surface area contributed by atoms with Crippen molar-refractivity contribution in [2.75, 3.05) is 52.5 Å². The Morgan fingerprint density at radius 3 is 2.50 bits per heavy atom. The molecule has 2 aliphatic heterocycles. The number of aliphatic hydroxyl groups is 1. The average Bonchev–Trinajstić information content (AvgIpc) is 3.27. The van der Waals surface area contributed by atoms with E-state index >= 15 is 0 Å². The number of nitrogens with zero attached hydrogens (tertiary/aromatic N) is 2. The standard InChI is InChI=1S/C22H36N2O5S/c1-3-18(2)19-6-8-22(9-7-19)30(26,27)24-12-10-23(11-13-24)15-20(25)16-28-17-21-5-4-14-29-21/h6-9,18,20-21,25H,3-5,10-17H2,1-2H3. The van der Waals surface area contributed by atoms with Crippen LogP contribution in [-0.2, 0) is 19.5 Å². The maximum atomic E-state index is 13.0. The van der Waals surface area contributed by atoms with Gasteiger partial charge in [0.1, 0.15) is 0 Å². The van der Waals surface area contributed by atoms with Gasteiger partial charge in [0.15, 0.2) is 0 Å². The van der Waals surface area contributed by atoms with Gasteiger partial charge in [0.25, 0.3) is 0 Å². The molecule has 0 aromatic heterocycles. The van der Waals surface area contributed by atoms with Crippen molar-refractivity contribution >= 4 is 10.0 Å². The fraction of sp³-hybridized carbons (Fsp3) is 0.727. The van der Waals surface area contributed by atoms with E-state index < -0.39 is 16.1 Å². The third-order valence-corrected chi connectivity index (χ3v) is 8.05. The molecule has 0 spiro atoms. The van der Waals surface area contributed by atoms with Crippen LogP contribution in [0.5, 0.6) is 0 Å². The Kier molecular flexibility index (Phi) is 8.68. The zero-order valence-electron chi connectivity index (χ0n) is 18.2. The molecule has 3 atom stereocenters. The van der Waals surface area contributed by atoms with Crippen LogP contribution in [0.1, 0.15) is 44.6 Å². The van der Waals surface area contributed by atoms with Crippen LogP contribution in [0.4, 0.5) is 0 Å². The summed E-state index contributed by atoms with van der Waals surface area (Å²) in [6, 6.07) is 7.28. The highest BCUT2D eigenvalue weighted by molar-refractivity contribution is 7.89. The number of β-amino-alcohol motifs (C(OH)–C–C–N with tert-alkyl or cyclic N) is 1. The number of ether oxygens (including phenoxy) is 2. The quantitative estimate of drug-likeness (QED) is 0.600. The predicted molar refractivity (Wildman–Crippen MR) is 116 cm³/mol. The van der Waals surface area contributed by atoms with E-state index in [-0.39, 0.29) is 12.7 Å². The van der Waals surface area contributed by atoms with Gasteiger partial charge in [0.2, 0.25) is 10.0 Å². The molecule has 8 heteroatoms. The molecule has 2 aliphatic rings. The summed E-state index contributed by atoms with van der Waals surface area (Å²) in [6.45, 7) is 8.43. The smallest absolute Gasteiger partial charge is 0.243 e. The molecular weight excluding hydrogens is 404 g/mol. The van der Waals surface area contributed by atoms with Gasteiger partial charge in [-0.1, -0.05) is 26.0 Å².